The first-order valence-electron chi connectivity index (χ1n) is 8.29. The summed E-state index contributed by atoms with van der Waals surface area (Å²) in [5.41, 5.74) is 2.89. The van der Waals surface area contributed by atoms with Crippen LogP contribution in [-0.4, -0.2) is 22.7 Å². The maximum atomic E-state index is 12.7. The van der Waals surface area contributed by atoms with Crippen LogP contribution in [0.15, 0.2) is 36.4 Å². The van der Waals surface area contributed by atoms with Crippen molar-refractivity contribution in [2.75, 3.05) is 6.79 Å². The smallest absolute Gasteiger partial charge is 0.340 e. The minimum Gasteiger partial charge on any atom is -0.467 e. The Morgan fingerprint density at radius 3 is 2.96 bits per heavy atom. The fourth-order valence-corrected chi connectivity index (χ4v) is 3.25. The van der Waals surface area contributed by atoms with Gasteiger partial charge in [-0.05, 0) is 13.0 Å². The van der Waals surface area contributed by atoms with Crippen molar-refractivity contribution in [1.82, 2.24) is 4.98 Å². The molecule has 0 aliphatic carbocycles. The maximum Gasteiger partial charge on any atom is 0.340 e. The van der Waals surface area contributed by atoms with Gasteiger partial charge >= 0.3 is 5.97 Å². The van der Waals surface area contributed by atoms with E-state index in [1.54, 1.807) is 6.92 Å². The molecule has 0 bridgehead atoms. The quantitative estimate of drug-likeness (QED) is 0.429. The molecule has 2 heterocycles. The molecule has 0 amide bonds. The molecule has 4 rings (SSSR count). The molecule has 0 fully saturated rings. The molecular weight excluding hydrogens is 352 g/mol. The van der Waals surface area contributed by atoms with E-state index in [2.05, 4.69) is 4.98 Å². The zero-order chi connectivity index (χ0) is 19.0. The highest BCUT2D eigenvalue weighted by molar-refractivity contribution is 6.05. The van der Waals surface area contributed by atoms with E-state index in [4.69, 9.17) is 14.2 Å². The van der Waals surface area contributed by atoms with Crippen molar-refractivity contribution >= 4 is 22.6 Å². The molecule has 0 atom stereocenters. The molecule has 0 saturated heterocycles. The Bertz CT molecular complexity index is 1060. The average molecular weight is 368 g/mol. The van der Waals surface area contributed by atoms with Crippen LogP contribution in [0.5, 0.6) is 5.75 Å². The van der Waals surface area contributed by atoms with Crippen LogP contribution in [0.1, 0.15) is 27.2 Å². The molecule has 8 heteroatoms. The van der Waals surface area contributed by atoms with Gasteiger partial charge in [-0.2, -0.15) is 0 Å². The summed E-state index contributed by atoms with van der Waals surface area (Å²) >= 11 is 0. The van der Waals surface area contributed by atoms with Gasteiger partial charge in [-0.25, -0.2) is 4.79 Å². The van der Waals surface area contributed by atoms with Gasteiger partial charge in [0.2, 0.25) is 0 Å². The number of rotatable bonds is 4. The number of nitro benzene ring substituents is 1. The highest BCUT2D eigenvalue weighted by atomic mass is 16.7. The van der Waals surface area contributed by atoms with Crippen molar-refractivity contribution in [3.05, 3.63) is 68.9 Å². The van der Waals surface area contributed by atoms with Gasteiger partial charge in [0.15, 0.2) is 6.79 Å². The second-order valence-electron chi connectivity index (χ2n) is 6.21. The van der Waals surface area contributed by atoms with E-state index in [-0.39, 0.29) is 25.7 Å². The lowest BCUT2D eigenvalue weighted by Crippen LogP contribution is -2.15. The van der Waals surface area contributed by atoms with Gasteiger partial charge in [0.25, 0.3) is 5.69 Å². The number of aromatic amines is 1. The Morgan fingerprint density at radius 2 is 2.15 bits per heavy atom. The van der Waals surface area contributed by atoms with E-state index in [1.807, 2.05) is 24.3 Å². The van der Waals surface area contributed by atoms with E-state index >= 15 is 0 Å². The molecule has 0 spiro atoms. The normalized spacial score (nSPS) is 13.1. The lowest BCUT2D eigenvalue weighted by Gasteiger charge is -2.20. The minimum absolute atomic E-state index is 0.0489. The van der Waals surface area contributed by atoms with E-state index in [0.29, 0.717) is 28.1 Å². The van der Waals surface area contributed by atoms with E-state index in [1.165, 1.54) is 12.1 Å². The van der Waals surface area contributed by atoms with Crippen molar-refractivity contribution in [1.29, 1.82) is 0 Å². The standard InChI is InChI=1S/C19H16N2O6/c1-11-17(15-4-2-3-5-16(15)20-11)19(22)26-9-13-7-14(21(23)24)6-12-8-25-10-27-18(12)13/h2-7,20H,8-10H2,1H3. The predicted octanol–water partition coefficient (Wildman–Crippen LogP) is 3.61. The highest BCUT2D eigenvalue weighted by Crippen LogP contribution is 2.33. The third-order valence-electron chi connectivity index (χ3n) is 4.44. The minimum atomic E-state index is -0.503. The number of fused-ring (bicyclic) bond motifs is 2. The van der Waals surface area contributed by atoms with Crippen molar-refractivity contribution in [2.24, 2.45) is 0 Å². The Morgan fingerprint density at radius 1 is 1.33 bits per heavy atom. The molecule has 27 heavy (non-hydrogen) atoms. The molecule has 1 aliphatic rings. The number of nitro groups is 1. The average Bonchev–Trinajstić information content (AvgIpc) is 3.01. The molecule has 2 aromatic carbocycles. The number of para-hydroxylation sites is 1. The second kappa shape index (κ2) is 6.73. The maximum absolute atomic E-state index is 12.7. The van der Waals surface area contributed by atoms with Gasteiger partial charge in [0.1, 0.15) is 12.4 Å². The largest absolute Gasteiger partial charge is 0.467 e. The van der Waals surface area contributed by atoms with Crippen LogP contribution in [-0.2, 0) is 22.7 Å². The first-order valence-corrected chi connectivity index (χ1v) is 8.29. The predicted molar refractivity (Wildman–Crippen MR) is 95.5 cm³/mol. The summed E-state index contributed by atoms with van der Waals surface area (Å²) in [4.78, 5) is 26.5. The van der Waals surface area contributed by atoms with E-state index in [9.17, 15) is 14.9 Å². The summed E-state index contributed by atoms with van der Waals surface area (Å²) in [7, 11) is 0. The first-order chi connectivity index (χ1) is 13.0. The Hall–Kier alpha value is -3.39. The summed E-state index contributed by atoms with van der Waals surface area (Å²) in [5.74, 6) is -0.0347. The summed E-state index contributed by atoms with van der Waals surface area (Å²) in [6.45, 7) is 1.92. The number of hydrogen-bond donors (Lipinski definition) is 1. The van der Waals surface area contributed by atoms with Crippen molar-refractivity contribution in [3.8, 4) is 5.75 Å². The van der Waals surface area contributed by atoms with Gasteiger partial charge in [0, 0.05) is 39.9 Å². The molecular formula is C19H16N2O6. The molecule has 0 saturated carbocycles. The van der Waals surface area contributed by atoms with Crippen LogP contribution in [0.3, 0.4) is 0 Å². The van der Waals surface area contributed by atoms with Gasteiger partial charge < -0.3 is 19.2 Å². The first kappa shape index (κ1) is 17.0. The number of non-ortho nitro benzene ring substituents is 1. The second-order valence-corrected chi connectivity index (χ2v) is 6.21. The van der Waals surface area contributed by atoms with Crippen LogP contribution in [0.4, 0.5) is 5.69 Å². The lowest BCUT2D eigenvalue weighted by molar-refractivity contribution is -0.385. The summed E-state index contributed by atoms with van der Waals surface area (Å²) in [5, 5.41) is 11.9. The molecule has 138 valence electrons. The fraction of sp³-hybridized carbons (Fsp3) is 0.211. The zero-order valence-electron chi connectivity index (χ0n) is 14.5. The van der Waals surface area contributed by atoms with Crippen molar-refractivity contribution in [2.45, 2.75) is 20.1 Å². The molecule has 1 aliphatic heterocycles. The molecule has 0 radical (unpaired) electrons. The number of carbonyl (C=O) groups is 1. The Labute approximate surface area is 153 Å². The summed E-state index contributed by atoms with van der Waals surface area (Å²) in [6.07, 6.45) is 0. The SMILES string of the molecule is Cc1[nH]c2ccccc2c1C(=O)OCc1cc([N+](=O)[O-])cc2c1OCOC2. The number of H-pyrrole nitrogens is 1. The number of esters is 1. The Balaban J connectivity index is 1.63. The number of aromatic nitrogens is 1. The number of carbonyl (C=O) groups excluding carboxylic acids is 1. The number of aryl methyl sites for hydroxylation is 1. The summed E-state index contributed by atoms with van der Waals surface area (Å²) < 4.78 is 16.1. The fourth-order valence-electron chi connectivity index (χ4n) is 3.25. The zero-order valence-corrected chi connectivity index (χ0v) is 14.5. The molecule has 0 unspecified atom stereocenters. The van der Waals surface area contributed by atoms with E-state index < -0.39 is 10.9 Å². The number of ether oxygens (including phenoxy) is 3. The monoisotopic (exact) mass is 368 g/mol. The van der Waals surface area contributed by atoms with Gasteiger partial charge in [0.05, 0.1) is 17.1 Å². The van der Waals surface area contributed by atoms with Crippen molar-refractivity contribution in [3.63, 3.8) is 0 Å². The lowest BCUT2D eigenvalue weighted by atomic mass is 10.1. The Kier molecular flexibility index (Phi) is 4.25. The number of hydrogen-bond acceptors (Lipinski definition) is 6. The van der Waals surface area contributed by atoms with Gasteiger partial charge in [-0.3, -0.25) is 10.1 Å². The highest BCUT2D eigenvalue weighted by Gasteiger charge is 2.23. The molecule has 1 aromatic heterocycles. The van der Waals surface area contributed by atoms with Crippen LogP contribution < -0.4 is 4.74 Å². The third kappa shape index (κ3) is 3.11. The van der Waals surface area contributed by atoms with Gasteiger partial charge in [-0.15, -0.1) is 0 Å². The topological polar surface area (TPSA) is 104 Å². The number of benzene rings is 2. The number of nitrogens with one attached hydrogen (secondary N) is 1. The molecule has 3 aromatic rings. The third-order valence-corrected chi connectivity index (χ3v) is 4.44. The number of nitrogens with zero attached hydrogens (tertiary/aromatic N) is 1. The molecule has 1 N–H and O–H groups in total. The van der Waals surface area contributed by atoms with Crippen LogP contribution in [0, 0.1) is 17.0 Å². The van der Waals surface area contributed by atoms with Crippen LogP contribution >= 0.6 is 0 Å². The van der Waals surface area contributed by atoms with Crippen LogP contribution in [0.25, 0.3) is 10.9 Å². The summed E-state index contributed by atoms with van der Waals surface area (Å²) in [6, 6.07) is 10.2. The van der Waals surface area contributed by atoms with Crippen LogP contribution in [0.2, 0.25) is 0 Å². The van der Waals surface area contributed by atoms with Gasteiger partial charge in [-0.1, -0.05) is 18.2 Å². The van der Waals surface area contributed by atoms with E-state index in [0.717, 1.165) is 10.9 Å². The van der Waals surface area contributed by atoms with Crippen molar-refractivity contribution < 1.29 is 23.9 Å². The molecule has 8 nitrogen and oxygen atoms in total.